The average Bonchev–Trinajstić information content (AvgIpc) is 0.954. The molecule has 67 heavy (non-hydrogen) atoms. The summed E-state index contributed by atoms with van der Waals surface area (Å²) in [7, 11) is 0. The van der Waals surface area contributed by atoms with Crippen LogP contribution < -0.4 is 0 Å². The van der Waals surface area contributed by atoms with E-state index in [-0.39, 0.29) is 48.9 Å². The number of aromatic hydroxyl groups is 1. The Kier molecular flexibility index (Phi) is 8.57. The number of hydrogen-bond donors (Lipinski definition) is 1. The summed E-state index contributed by atoms with van der Waals surface area (Å²) in [5.41, 5.74) is 0.420. The van der Waals surface area contributed by atoms with Crippen molar-refractivity contribution in [3.63, 3.8) is 0 Å². The van der Waals surface area contributed by atoms with Gasteiger partial charge in [0, 0.05) is 56.4 Å². The Bertz CT molecular complexity index is 3790. The fraction of sp³-hybridized carbons (Fsp3) is 0.323. The summed E-state index contributed by atoms with van der Waals surface area (Å²) >= 11 is 0. The van der Waals surface area contributed by atoms with Crippen molar-refractivity contribution in [2.75, 3.05) is 0 Å². The molecule has 1 N–H and O–H groups in total. The van der Waals surface area contributed by atoms with Crippen LogP contribution in [0.25, 0.3) is 72.7 Å². The third kappa shape index (κ3) is 10.0. The van der Waals surface area contributed by atoms with Gasteiger partial charge in [0.25, 0.3) is 0 Å². The molecule has 0 amide bonds. The molecule has 0 radical (unpaired) electrons. The molecule has 8 rings (SSSR count). The SMILES string of the molecule is [2H]c1nc(-c2[c-]c(-c3cccc4c3nc(-c3cc(C(C)(C)C)cc(C(C)(C)C)c3O)n4-c3ccc(C(C)(C)C)cc3-c3ccccc3)cc(C(C)(C)C)c2)c([2H])c(-c2c([2H])c([2H])c(C(C([2H])([2H])[2H])(C([2H])([2H])[2H])C([2H])([2H])[2H])c([2H])c2[2H])c1[2H].[Pt]. The molecule has 5 heteroatoms. The van der Waals surface area contributed by atoms with E-state index in [1.54, 1.807) is 6.07 Å². The summed E-state index contributed by atoms with van der Waals surface area (Å²) in [4.78, 5) is 9.94. The first-order valence-corrected chi connectivity index (χ1v) is 22.2. The van der Waals surface area contributed by atoms with Crippen LogP contribution in [-0.2, 0) is 48.1 Å². The Balaban J connectivity index is 0.00000990. The first kappa shape index (κ1) is 32.2. The minimum Gasteiger partial charge on any atom is -0.507 e. The quantitative estimate of drug-likeness (QED) is 0.169. The van der Waals surface area contributed by atoms with E-state index in [2.05, 4.69) is 114 Å². The number of pyridine rings is 1. The Morgan fingerprint density at radius 3 is 1.81 bits per heavy atom. The number of aromatic nitrogens is 3. The Hall–Kier alpha value is -5.57. The van der Waals surface area contributed by atoms with Crippen molar-refractivity contribution in [3.05, 3.63) is 167 Å². The second kappa shape index (κ2) is 17.8. The second-order valence-electron chi connectivity index (χ2n) is 21.4. The van der Waals surface area contributed by atoms with Crippen molar-refractivity contribution in [3.8, 4) is 67.5 Å². The monoisotopic (exact) mass is 1080 g/mol. The first-order chi connectivity index (χ1) is 37.5. The Labute approximate surface area is 437 Å². The molecule has 0 saturated heterocycles. The molecule has 0 atom stereocenters. The zero-order valence-electron chi connectivity index (χ0n) is 56.3. The van der Waals surface area contributed by atoms with E-state index in [4.69, 9.17) is 22.8 Å². The maximum absolute atomic E-state index is 12.6. The van der Waals surface area contributed by atoms with Gasteiger partial charge in [0.1, 0.15) is 11.6 Å². The summed E-state index contributed by atoms with van der Waals surface area (Å²) in [6, 6.07) is 27.0. The standard InChI is InChI=1S/C62H68N3O.Pt/c1-58(2,3)44-26-24-39(25-27-44)41-30-31-63-52(35-41)43-32-42(33-46(34-43)60(7,8)9)48-22-19-23-54-55(48)64-57(50-37-47(61(10,11)12)38-51(56(50)66)62(13,14)15)65(54)53-29-28-45(59(4,5)6)36-49(53)40-20-17-16-18-21-40;/h16-31,33-38,66H,1-15H3;/q-1;/i1D3,2D3,3D3,24D,25D,26D,27D,30D,31D,35D;. The number of nitrogens with zero attached hydrogens (tertiary/aromatic N) is 3. The van der Waals surface area contributed by atoms with Gasteiger partial charge in [-0.05, 0) is 90.8 Å². The molecule has 0 fully saturated rings. The maximum Gasteiger partial charge on any atom is 0.148 e. The molecule has 0 unspecified atom stereocenters. The largest absolute Gasteiger partial charge is 0.507 e. The van der Waals surface area contributed by atoms with E-state index in [0.717, 1.165) is 33.5 Å². The number of rotatable bonds is 6. The van der Waals surface area contributed by atoms with Gasteiger partial charge in [0.2, 0.25) is 0 Å². The fourth-order valence-corrected chi connectivity index (χ4v) is 8.07. The van der Waals surface area contributed by atoms with Crippen LogP contribution in [-0.4, -0.2) is 19.6 Å². The summed E-state index contributed by atoms with van der Waals surface area (Å²) < 4.78 is 141. The normalized spacial score (nSPS) is 16.7. The molecule has 8 aromatic rings. The van der Waals surface area contributed by atoms with E-state index >= 15 is 0 Å². The first-order valence-electron chi connectivity index (χ1n) is 30.2. The third-order valence-corrected chi connectivity index (χ3v) is 12.0. The van der Waals surface area contributed by atoms with Crippen molar-refractivity contribution in [1.29, 1.82) is 0 Å². The Morgan fingerprint density at radius 1 is 0.552 bits per heavy atom. The molecule has 348 valence electrons. The smallest absolute Gasteiger partial charge is 0.148 e. The fourth-order valence-electron chi connectivity index (χ4n) is 8.07. The van der Waals surface area contributed by atoms with Crippen molar-refractivity contribution in [1.82, 2.24) is 14.5 Å². The molecule has 0 aliphatic carbocycles. The third-order valence-electron chi connectivity index (χ3n) is 12.0. The van der Waals surface area contributed by atoms with Crippen molar-refractivity contribution in [2.45, 2.75) is 131 Å². The molecule has 0 saturated carbocycles. The van der Waals surface area contributed by atoms with Crippen LogP contribution in [0.5, 0.6) is 5.75 Å². The van der Waals surface area contributed by atoms with Gasteiger partial charge >= 0.3 is 0 Å². The van der Waals surface area contributed by atoms with Crippen LogP contribution in [0.4, 0.5) is 0 Å². The molecule has 4 nitrogen and oxygen atoms in total. The molecular weight excluding hydrogens is 998 g/mol. The molecule has 2 aromatic heterocycles. The van der Waals surface area contributed by atoms with Gasteiger partial charge < -0.3 is 5.11 Å². The van der Waals surface area contributed by atoms with Crippen LogP contribution in [0, 0.1) is 6.07 Å². The van der Waals surface area contributed by atoms with E-state index in [0.29, 0.717) is 39.1 Å². The number of benzene rings is 6. The van der Waals surface area contributed by atoms with Gasteiger partial charge in [-0.15, -0.1) is 29.3 Å². The summed E-state index contributed by atoms with van der Waals surface area (Å²) in [5, 5.41) is 12.6. The topological polar surface area (TPSA) is 50.9 Å². The van der Waals surface area contributed by atoms with Crippen LogP contribution in [0.2, 0.25) is 0 Å². The van der Waals surface area contributed by atoms with E-state index < -0.39 is 95.9 Å². The number of para-hydroxylation sites is 1. The predicted molar refractivity (Wildman–Crippen MR) is 280 cm³/mol. The van der Waals surface area contributed by atoms with E-state index in [1.807, 2.05) is 69.3 Å². The van der Waals surface area contributed by atoms with Gasteiger partial charge in [-0.25, -0.2) is 4.98 Å². The number of fused-ring (bicyclic) bond motifs is 1. The van der Waals surface area contributed by atoms with Crippen LogP contribution >= 0.6 is 0 Å². The van der Waals surface area contributed by atoms with E-state index in [1.165, 1.54) is 0 Å². The van der Waals surface area contributed by atoms with Crippen molar-refractivity contribution < 1.29 is 48.1 Å². The van der Waals surface area contributed by atoms with E-state index in [9.17, 15) is 9.22 Å². The molecule has 2 heterocycles. The molecule has 0 bridgehead atoms. The molecule has 6 aromatic carbocycles. The molecule has 0 spiro atoms. The van der Waals surface area contributed by atoms with Gasteiger partial charge in [-0.1, -0.05) is 200 Å². The minimum atomic E-state index is -3.93. The summed E-state index contributed by atoms with van der Waals surface area (Å²) in [6.45, 7) is 13.1. The molecule has 0 aliphatic heterocycles. The van der Waals surface area contributed by atoms with Crippen molar-refractivity contribution in [2.24, 2.45) is 0 Å². The number of imidazole rings is 1. The maximum atomic E-state index is 12.6. The zero-order chi connectivity index (χ0) is 61.3. The molecular formula is C62H68N3OPt-. The van der Waals surface area contributed by atoms with Gasteiger partial charge in [-0.3, -0.25) is 9.55 Å². The zero-order valence-corrected chi connectivity index (χ0v) is 42.5. The van der Waals surface area contributed by atoms with Crippen LogP contribution in [0.15, 0.2) is 133 Å². The van der Waals surface area contributed by atoms with Crippen molar-refractivity contribution >= 4 is 11.0 Å². The second-order valence-corrected chi connectivity index (χ2v) is 21.4. The molecule has 0 aliphatic rings. The minimum absolute atomic E-state index is 0. The van der Waals surface area contributed by atoms with Gasteiger partial charge in [-0.2, -0.15) is 0 Å². The summed E-state index contributed by atoms with van der Waals surface area (Å²) in [6.07, 6.45) is -0.746. The number of phenolic OH excluding ortho intramolecular Hbond substituents is 1. The average molecular weight is 1080 g/mol. The van der Waals surface area contributed by atoms with Gasteiger partial charge in [0.15, 0.2) is 0 Å². The van der Waals surface area contributed by atoms with Crippen LogP contribution in [0.1, 0.15) is 153 Å². The summed E-state index contributed by atoms with van der Waals surface area (Å²) in [5.74, 6) is 0.528. The Morgan fingerprint density at radius 2 is 1.18 bits per heavy atom. The number of hydrogen-bond acceptors (Lipinski definition) is 3. The van der Waals surface area contributed by atoms with Gasteiger partial charge in [0.05, 0.1) is 31.9 Å². The predicted octanol–water partition coefficient (Wildman–Crippen LogP) is 16.7. The number of phenols is 1. The van der Waals surface area contributed by atoms with Crippen LogP contribution in [0.3, 0.4) is 0 Å².